The number of rotatable bonds is 12. The van der Waals surface area contributed by atoms with E-state index < -0.39 is 18.7 Å². The largest absolute Gasteiger partial charge is 0.497 e. The van der Waals surface area contributed by atoms with Gasteiger partial charge in [0.25, 0.3) is 0 Å². The lowest BCUT2D eigenvalue weighted by atomic mass is 9.75. The van der Waals surface area contributed by atoms with E-state index in [4.69, 9.17) is 18.6 Å². The fourth-order valence-electron chi connectivity index (χ4n) is 4.77. The SMILES string of the molecule is COc1ccc(C2(SC)COc3cc(OC)ccc3C2(O)C#CCCCCCCCO[Si](C)(C)C(C)(C)C)cc1. The summed E-state index contributed by atoms with van der Waals surface area (Å²) in [5.74, 6) is 8.72. The van der Waals surface area contributed by atoms with Gasteiger partial charge in [0.05, 0.1) is 14.2 Å². The van der Waals surface area contributed by atoms with Crippen LogP contribution in [0.5, 0.6) is 17.2 Å². The lowest BCUT2D eigenvalue weighted by molar-refractivity contribution is 0.00922. The molecular weight excluding hydrogens is 537 g/mol. The van der Waals surface area contributed by atoms with Crippen molar-refractivity contribution in [2.45, 2.75) is 87.8 Å². The smallest absolute Gasteiger partial charge is 0.191 e. The van der Waals surface area contributed by atoms with Gasteiger partial charge in [0, 0.05) is 24.7 Å². The van der Waals surface area contributed by atoms with Crippen LogP contribution in [-0.2, 0) is 14.8 Å². The predicted molar refractivity (Wildman–Crippen MR) is 169 cm³/mol. The maximum absolute atomic E-state index is 12.4. The molecular formula is C33H48O5SSi. The average molecular weight is 585 g/mol. The van der Waals surface area contributed by atoms with E-state index >= 15 is 0 Å². The number of unbranched alkanes of at least 4 members (excludes halogenated alkanes) is 5. The van der Waals surface area contributed by atoms with Gasteiger partial charge in [-0.3, -0.25) is 0 Å². The van der Waals surface area contributed by atoms with Gasteiger partial charge < -0.3 is 23.7 Å². The fourth-order valence-corrected chi connectivity index (χ4v) is 6.87. The average Bonchev–Trinajstić information content (AvgIpc) is 2.93. The first-order valence-electron chi connectivity index (χ1n) is 14.3. The minimum absolute atomic E-state index is 0.258. The van der Waals surface area contributed by atoms with E-state index in [-0.39, 0.29) is 11.6 Å². The van der Waals surface area contributed by atoms with Gasteiger partial charge in [0.15, 0.2) is 13.9 Å². The molecule has 0 fully saturated rings. The van der Waals surface area contributed by atoms with Crippen molar-refractivity contribution in [2.24, 2.45) is 0 Å². The molecule has 3 rings (SSSR count). The van der Waals surface area contributed by atoms with E-state index in [1.807, 2.05) is 48.7 Å². The number of benzene rings is 2. The Balaban J connectivity index is 1.69. The highest BCUT2D eigenvalue weighted by atomic mass is 32.2. The molecule has 1 heterocycles. The summed E-state index contributed by atoms with van der Waals surface area (Å²) in [6, 6.07) is 13.4. The summed E-state index contributed by atoms with van der Waals surface area (Å²) in [5, 5.41) is 12.7. The molecule has 2 atom stereocenters. The van der Waals surface area contributed by atoms with E-state index in [1.165, 1.54) is 12.8 Å². The molecule has 1 aliphatic heterocycles. The third-order valence-corrected chi connectivity index (χ3v) is 14.4. The molecule has 7 heteroatoms. The summed E-state index contributed by atoms with van der Waals surface area (Å²) >= 11 is 1.56. The van der Waals surface area contributed by atoms with Gasteiger partial charge in [-0.1, -0.05) is 64.0 Å². The Hall–Kier alpha value is -2.11. The minimum atomic E-state index is -1.66. The molecule has 2 aromatic carbocycles. The van der Waals surface area contributed by atoms with Crippen molar-refractivity contribution in [1.29, 1.82) is 0 Å². The quantitative estimate of drug-likeness (QED) is 0.155. The molecule has 0 radical (unpaired) electrons. The summed E-state index contributed by atoms with van der Waals surface area (Å²) in [4.78, 5) is 0. The molecule has 5 nitrogen and oxygen atoms in total. The number of ether oxygens (including phenoxy) is 3. The number of methoxy groups -OCH3 is 2. The summed E-state index contributed by atoms with van der Waals surface area (Å²) in [5.41, 5.74) is 0.167. The second-order valence-corrected chi connectivity index (χ2v) is 18.0. The van der Waals surface area contributed by atoms with Gasteiger partial charge in [-0.25, -0.2) is 0 Å². The molecule has 2 aromatic rings. The van der Waals surface area contributed by atoms with Crippen molar-refractivity contribution in [3.8, 4) is 29.1 Å². The topological polar surface area (TPSA) is 57.2 Å². The van der Waals surface area contributed by atoms with Gasteiger partial charge >= 0.3 is 0 Å². The third kappa shape index (κ3) is 7.02. The number of hydrogen-bond acceptors (Lipinski definition) is 6. The zero-order chi connectivity index (χ0) is 29.4. The molecule has 40 heavy (non-hydrogen) atoms. The molecule has 220 valence electrons. The number of hydrogen-bond donors (Lipinski definition) is 1. The van der Waals surface area contributed by atoms with Crippen LogP contribution in [0.1, 0.15) is 70.4 Å². The first-order valence-corrected chi connectivity index (χ1v) is 18.4. The monoisotopic (exact) mass is 584 g/mol. The Bertz CT molecular complexity index is 1160. The highest BCUT2D eigenvalue weighted by Crippen LogP contribution is 2.55. The summed E-state index contributed by atoms with van der Waals surface area (Å²) in [7, 11) is 1.62. The second kappa shape index (κ2) is 13.7. The molecule has 0 spiro atoms. The van der Waals surface area contributed by atoms with E-state index in [9.17, 15) is 5.11 Å². The molecule has 0 saturated carbocycles. The van der Waals surface area contributed by atoms with Crippen molar-refractivity contribution in [1.82, 2.24) is 0 Å². The van der Waals surface area contributed by atoms with Crippen LogP contribution in [0.15, 0.2) is 42.5 Å². The molecule has 2 unspecified atom stereocenters. The van der Waals surface area contributed by atoms with Crippen molar-refractivity contribution < 1.29 is 23.7 Å². The lowest BCUT2D eigenvalue weighted by Crippen LogP contribution is -2.53. The van der Waals surface area contributed by atoms with Gasteiger partial charge in [-0.05, 0) is 67.1 Å². The summed E-state index contributed by atoms with van der Waals surface area (Å²) in [6.45, 7) is 12.6. The maximum Gasteiger partial charge on any atom is 0.191 e. The number of thioether (sulfide) groups is 1. The third-order valence-electron chi connectivity index (χ3n) is 8.48. The zero-order valence-corrected chi connectivity index (χ0v) is 27.5. The van der Waals surface area contributed by atoms with Gasteiger partial charge in [0.2, 0.25) is 0 Å². The van der Waals surface area contributed by atoms with E-state index in [0.717, 1.165) is 43.6 Å². The summed E-state index contributed by atoms with van der Waals surface area (Å²) in [6.07, 6.45) is 8.32. The normalized spacial score (nSPS) is 20.6. The Morgan fingerprint density at radius 1 is 0.950 bits per heavy atom. The molecule has 0 aliphatic carbocycles. The van der Waals surface area contributed by atoms with Crippen molar-refractivity contribution >= 4 is 20.1 Å². The van der Waals surface area contributed by atoms with Crippen molar-refractivity contribution in [2.75, 3.05) is 33.7 Å². The first kappa shape index (κ1) is 32.4. The Morgan fingerprint density at radius 3 is 2.20 bits per heavy atom. The number of fused-ring (bicyclic) bond motifs is 1. The van der Waals surface area contributed by atoms with Gasteiger partial charge in [0.1, 0.15) is 28.6 Å². The van der Waals surface area contributed by atoms with Crippen molar-refractivity contribution in [3.63, 3.8) is 0 Å². The predicted octanol–water partition coefficient (Wildman–Crippen LogP) is 7.91. The first-order chi connectivity index (χ1) is 18.9. The van der Waals surface area contributed by atoms with Crippen LogP contribution < -0.4 is 14.2 Å². The van der Waals surface area contributed by atoms with Gasteiger partial charge in [-0.2, -0.15) is 0 Å². The molecule has 0 aromatic heterocycles. The maximum atomic E-state index is 12.4. The second-order valence-electron chi connectivity index (χ2n) is 12.0. The van der Waals surface area contributed by atoms with E-state index in [0.29, 0.717) is 17.1 Å². The fraction of sp³-hybridized carbons (Fsp3) is 0.576. The molecule has 1 aliphatic rings. The highest BCUT2D eigenvalue weighted by Gasteiger charge is 2.56. The Kier molecular flexibility index (Phi) is 11.1. The summed E-state index contributed by atoms with van der Waals surface area (Å²) < 4.78 is 22.5. The van der Waals surface area contributed by atoms with Crippen LogP contribution in [0.4, 0.5) is 0 Å². The van der Waals surface area contributed by atoms with E-state index in [2.05, 4.69) is 45.7 Å². The van der Waals surface area contributed by atoms with Crippen LogP contribution in [0.25, 0.3) is 0 Å². The number of aliphatic hydroxyl groups is 1. The lowest BCUT2D eigenvalue weighted by Gasteiger charge is -2.47. The highest BCUT2D eigenvalue weighted by molar-refractivity contribution is 7.99. The van der Waals surface area contributed by atoms with Crippen LogP contribution in [0.2, 0.25) is 18.1 Å². The van der Waals surface area contributed by atoms with Crippen LogP contribution in [-0.4, -0.2) is 47.1 Å². The van der Waals surface area contributed by atoms with E-state index in [1.54, 1.807) is 26.0 Å². The molecule has 0 saturated heterocycles. The minimum Gasteiger partial charge on any atom is -0.497 e. The molecule has 1 N–H and O–H groups in total. The molecule has 0 bridgehead atoms. The van der Waals surface area contributed by atoms with Crippen LogP contribution >= 0.6 is 11.8 Å². The standard InChI is InChI=1S/C33H48O5SSi/c1-31(2,3)40(7,8)38-23-15-13-11-9-10-12-14-22-32(34)29-21-20-28(36-5)24-30(29)37-25-33(32,39-6)26-16-18-27(35-4)19-17-26/h16-21,24,34H,9-13,15,23,25H2,1-8H3. The Labute approximate surface area is 247 Å². The van der Waals surface area contributed by atoms with Crippen LogP contribution in [0.3, 0.4) is 0 Å². The Morgan fingerprint density at radius 2 is 1.57 bits per heavy atom. The zero-order valence-electron chi connectivity index (χ0n) is 25.7. The molecule has 0 amide bonds. The van der Waals surface area contributed by atoms with Crippen molar-refractivity contribution in [3.05, 3.63) is 53.6 Å². The van der Waals surface area contributed by atoms with Gasteiger partial charge in [-0.15, -0.1) is 11.8 Å². The van der Waals surface area contributed by atoms with Crippen LogP contribution in [0, 0.1) is 11.8 Å².